The van der Waals surface area contributed by atoms with Crippen LogP contribution in [0.3, 0.4) is 0 Å². The molecular formula is C14H17N3O. The number of aryl methyl sites for hydroxylation is 1. The Morgan fingerprint density at radius 1 is 1.39 bits per heavy atom. The third-order valence-corrected chi connectivity index (χ3v) is 3.59. The van der Waals surface area contributed by atoms with Crippen molar-refractivity contribution in [2.75, 3.05) is 11.9 Å². The molecule has 2 heterocycles. The van der Waals surface area contributed by atoms with E-state index in [2.05, 4.69) is 21.7 Å². The maximum atomic E-state index is 11.2. The molecule has 2 aromatic rings. The Kier molecular flexibility index (Phi) is 2.59. The van der Waals surface area contributed by atoms with Gasteiger partial charge in [-0.1, -0.05) is 6.07 Å². The first-order chi connectivity index (χ1) is 8.66. The van der Waals surface area contributed by atoms with E-state index in [-0.39, 0.29) is 5.91 Å². The molecule has 1 aliphatic heterocycles. The number of H-pyrrole nitrogens is 1. The van der Waals surface area contributed by atoms with E-state index in [1.165, 1.54) is 23.6 Å². The lowest BCUT2D eigenvalue weighted by Crippen LogP contribution is -2.22. The van der Waals surface area contributed by atoms with Gasteiger partial charge in [-0.05, 0) is 24.1 Å². The van der Waals surface area contributed by atoms with Gasteiger partial charge in [-0.2, -0.15) is 0 Å². The molecular weight excluding hydrogens is 226 g/mol. The second-order valence-electron chi connectivity index (χ2n) is 4.85. The molecule has 94 valence electrons. The first-order valence-electron chi connectivity index (χ1n) is 6.28. The van der Waals surface area contributed by atoms with Crippen molar-refractivity contribution in [3.63, 3.8) is 0 Å². The summed E-state index contributed by atoms with van der Waals surface area (Å²) in [5.74, 6) is -0.0320. The van der Waals surface area contributed by atoms with Crippen molar-refractivity contribution in [2.45, 2.75) is 26.8 Å². The summed E-state index contributed by atoms with van der Waals surface area (Å²) in [5, 5.41) is 7.53. The molecule has 0 bridgehead atoms. The van der Waals surface area contributed by atoms with Crippen molar-refractivity contribution < 1.29 is 4.79 Å². The molecule has 4 nitrogen and oxygen atoms in total. The number of hydrogen-bond donors (Lipinski definition) is 3. The summed E-state index contributed by atoms with van der Waals surface area (Å²) in [6, 6.07) is 4.08. The molecule has 1 aromatic carbocycles. The predicted octanol–water partition coefficient (Wildman–Crippen LogP) is 2.08. The van der Waals surface area contributed by atoms with Crippen LogP contribution in [0.1, 0.15) is 23.7 Å². The topological polar surface area (TPSA) is 56.9 Å². The fraction of sp³-hybridized carbons (Fsp3) is 0.357. The zero-order valence-corrected chi connectivity index (χ0v) is 10.7. The number of aromatic nitrogens is 1. The van der Waals surface area contributed by atoms with Crippen LogP contribution >= 0.6 is 0 Å². The second-order valence-corrected chi connectivity index (χ2v) is 4.85. The first-order valence-corrected chi connectivity index (χ1v) is 6.28. The van der Waals surface area contributed by atoms with E-state index in [0.717, 1.165) is 36.3 Å². The summed E-state index contributed by atoms with van der Waals surface area (Å²) in [6.07, 6.45) is 1.04. The van der Waals surface area contributed by atoms with Gasteiger partial charge < -0.3 is 15.6 Å². The highest BCUT2D eigenvalue weighted by Crippen LogP contribution is 2.30. The molecule has 4 heteroatoms. The lowest BCUT2D eigenvalue weighted by molar-refractivity contribution is -0.114. The number of nitrogens with one attached hydrogen (secondary N) is 3. The Bertz CT molecular complexity index is 627. The average Bonchev–Trinajstić information content (AvgIpc) is 2.72. The summed E-state index contributed by atoms with van der Waals surface area (Å²) in [7, 11) is 0. The largest absolute Gasteiger partial charge is 0.358 e. The monoisotopic (exact) mass is 243 g/mol. The minimum absolute atomic E-state index is 0.0320. The molecule has 0 unspecified atom stereocenters. The van der Waals surface area contributed by atoms with Gasteiger partial charge in [0.2, 0.25) is 5.91 Å². The predicted molar refractivity (Wildman–Crippen MR) is 72.8 cm³/mol. The molecule has 0 atom stereocenters. The van der Waals surface area contributed by atoms with Gasteiger partial charge in [0.1, 0.15) is 0 Å². The molecule has 0 saturated heterocycles. The molecule has 1 aliphatic rings. The summed E-state index contributed by atoms with van der Waals surface area (Å²) >= 11 is 0. The lowest BCUT2D eigenvalue weighted by Gasteiger charge is -2.12. The molecule has 1 amide bonds. The zero-order valence-electron chi connectivity index (χ0n) is 10.7. The quantitative estimate of drug-likeness (QED) is 0.718. The number of carbonyl (C=O) groups excluding carboxylic acids is 1. The van der Waals surface area contributed by atoms with Crippen LogP contribution in [-0.4, -0.2) is 17.4 Å². The number of rotatable bonds is 1. The minimum Gasteiger partial charge on any atom is -0.358 e. The Morgan fingerprint density at radius 3 is 3.00 bits per heavy atom. The van der Waals surface area contributed by atoms with Gasteiger partial charge in [0.25, 0.3) is 0 Å². The smallest absolute Gasteiger partial charge is 0.221 e. The van der Waals surface area contributed by atoms with E-state index in [1.807, 2.05) is 13.0 Å². The Labute approximate surface area is 106 Å². The van der Waals surface area contributed by atoms with Crippen LogP contribution in [0, 0.1) is 6.92 Å². The number of amides is 1. The summed E-state index contributed by atoms with van der Waals surface area (Å²) in [5.41, 5.74) is 5.84. The second kappa shape index (κ2) is 4.14. The van der Waals surface area contributed by atoms with Crippen LogP contribution in [0.5, 0.6) is 0 Å². The molecule has 0 saturated carbocycles. The Morgan fingerprint density at radius 2 is 2.22 bits per heavy atom. The van der Waals surface area contributed by atoms with Crippen LogP contribution < -0.4 is 10.6 Å². The molecule has 1 aromatic heterocycles. The molecule has 0 spiro atoms. The number of benzene rings is 1. The van der Waals surface area contributed by atoms with E-state index in [0.29, 0.717) is 0 Å². The highest BCUT2D eigenvalue weighted by molar-refractivity contribution is 5.96. The van der Waals surface area contributed by atoms with Gasteiger partial charge in [-0.15, -0.1) is 0 Å². The van der Waals surface area contributed by atoms with Crippen molar-refractivity contribution in [2.24, 2.45) is 0 Å². The average molecular weight is 243 g/mol. The van der Waals surface area contributed by atoms with Crippen LogP contribution in [-0.2, 0) is 17.8 Å². The van der Waals surface area contributed by atoms with E-state index in [4.69, 9.17) is 0 Å². The first kappa shape index (κ1) is 11.3. The fourth-order valence-corrected chi connectivity index (χ4v) is 2.68. The molecule has 3 N–H and O–H groups in total. The van der Waals surface area contributed by atoms with Crippen molar-refractivity contribution in [1.82, 2.24) is 10.3 Å². The standard InChI is InChI=1S/C14H17N3O/c1-8-12(16-9(2)18)4-3-10-11-7-15-6-5-13(11)17-14(8)10/h3-4,15,17H,5-7H2,1-2H3,(H,16,18). The van der Waals surface area contributed by atoms with Crippen LogP contribution in [0.2, 0.25) is 0 Å². The van der Waals surface area contributed by atoms with Gasteiger partial charge >= 0.3 is 0 Å². The lowest BCUT2D eigenvalue weighted by atomic mass is 10.0. The fourth-order valence-electron chi connectivity index (χ4n) is 2.68. The third-order valence-electron chi connectivity index (χ3n) is 3.59. The van der Waals surface area contributed by atoms with Gasteiger partial charge in [0.05, 0.1) is 5.52 Å². The van der Waals surface area contributed by atoms with E-state index in [9.17, 15) is 4.79 Å². The van der Waals surface area contributed by atoms with Crippen LogP contribution in [0.15, 0.2) is 12.1 Å². The Balaban J connectivity index is 2.17. The van der Waals surface area contributed by atoms with E-state index >= 15 is 0 Å². The number of aromatic amines is 1. The summed E-state index contributed by atoms with van der Waals surface area (Å²) in [6.45, 7) is 5.53. The maximum Gasteiger partial charge on any atom is 0.221 e. The van der Waals surface area contributed by atoms with Gasteiger partial charge in [0.15, 0.2) is 0 Å². The molecule has 0 fully saturated rings. The number of carbonyl (C=O) groups is 1. The van der Waals surface area contributed by atoms with Crippen molar-refractivity contribution in [3.8, 4) is 0 Å². The highest BCUT2D eigenvalue weighted by atomic mass is 16.1. The van der Waals surface area contributed by atoms with E-state index < -0.39 is 0 Å². The minimum atomic E-state index is -0.0320. The molecule has 0 radical (unpaired) electrons. The number of hydrogen-bond acceptors (Lipinski definition) is 2. The zero-order chi connectivity index (χ0) is 12.7. The van der Waals surface area contributed by atoms with Crippen molar-refractivity contribution in [1.29, 1.82) is 0 Å². The van der Waals surface area contributed by atoms with Crippen LogP contribution in [0.25, 0.3) is 10.9 Å². The SMILES string of the molecule is CC(=O)Nc1ccc2c3c([nH]c2c1C)CCNC3. The van der Waals surface area contributed by atoms with Gasteiger partial charge in [0, 0.05) is 43.2 Å². The summed E-state index contributed by atoms with van der Waals surface area (Å²) < 4.78 is 0. The van der Waals surface area contributed by atoms with Crippen molar-refractivity contribution in [3.05, 3.63) is 29.0 Å². The molecule has 18 heavy (non-hydrogen) atoms. The normalized spacial score (nSPS) is 14.6. The third kappa shape index (κ3) is 1.69. The van der Waals surface area contributed by atoms with Gasteiger partial charge in [-0.3, -0.25) is 4.79 Å². The maximum absolute atomic E-state index is 11.2. The number of fused-ring (bicyclic) bond motifs is 3. The van der Waals surface area contributed by atoms with E-state index in [1.54, 1.807) is 0 Å². The van der Waals surface area contributed by atoms with Crippen molar-refractivity contribution >= 4 is 22.5 Å². The van der Waals surface area contributed by atoms with Crippen LogP contribution in [0.4, 0.5) is 5.69 Å². The summed E-state index contributed by atoms with van der Waals surface area (Å²) in [4.78, 5) is 14.7. The Hall–Kier alpha value is -1.81. The highest BCUT2D eigenvalue weighted by Gasteiger charge is 2.17. The molecule has 0 aliphatic carbocycles. The van der Waals surface area contributed by atoms with Gasteiger partial charge in [-0.25, -0.2) is 0 Å². The molecule has 3 rings (SSSR count). The number of anilines is 1.